The third-order valence-corrected chi connectivity index (χ3v) is 5.76. The van der Waals surface area contributed by atoms with E-state index in [1.807, 2.05) is 14.1 Å². The Morgan fingerprint density at radius 3 is 2.63 bits per heavy atom. The Balaban J connectivity index is 1.55. The van der Waals surface area contributed by atoms with Gasteiger partial charge in [0.2, 0.25) is 5.95 Å². The van der Waals surface area contributed by atoms with E-state index in [4.69, 9.17) is 4.74 Å². The highest BCUT2D eigenvalue weighted by atomic mass is 19.4. The molecule has 0 fully saturated rings. The number of aromatic nitrogens is 7. The van der Waals surface area contributed by atoms with Crippen molar-refractivity contribution in [2.45, 2.75) is 6.18 Å². The van der Waals surface area contributed by atoms with Crippen molar-refractivity contribution in [2.75, 3.05) is 24.3 Å². The van der Waals surface area contributed by atoms with Gasteiger partial charge < -0.3 is 24.1 Å². The molecule has 0 aliphatic carbocycles. The number of rotatable bonds is 5. The summed E-state index contributed by atoms with van der Waals surface area (Å²) in [7, 11) is 6.41. The van der Waals surface area contributed by atoms with Gasteiger partial charge in [-0.05, 0) is 12.1 Å². The van der Waals surface area contributed by atoms with Crippen LogP contribution < -0.4 is 20.5 Å². The number of imidazole rings is 1. The maximum Gasteiger partial charge on any atom is 0.417 e. The summed E-state index contributed by atoms with van der Waals surface area (Å²) < 4.78 is 48.0. The van der Waals surface area contributed by atoms with E-state index in [2.05, 4.69) is 36.5 Å². The number of alkyl halides is 3. The van der Waals surface area contributed by atoms with Crippen LogP contribution in [0.25, 0.3) is 22.2 Å². The molecule has 0 radical (unpaired) electrons. The number of aromatic amines is 1. The molecule has 5 heterocycles. The van der Waals surface area contributed by atoms with Crippen LogP contribution in [0.2, 0.25) is 0 Å². The van der Waals surface area contributed by atoms with Crippen molar-refractivity contribution >= 4 is 39.7 Å². The molecular weight excluding hydrogens is 505 g/mol. The van der Waals surface area contributed by atoms with E-state index in [0.29, 0.717) is 34.9 Å². The molecule has 12 nitrogen and oxygen atoms in total. The van der Waals surface area contributed by atoms with Crippen molar-refractivity contribution in [3.05, 3.63) is 52.2 Å². The molecule has 0 atom stereocenters. The molecule has 0 aliphatic rings. The smallest absolute Gasteiger partial charge is 0.417 e. The van der Waals surface area contributed by atoms with E-state index >= 15 is 0 Å². The van der Waals surface area contributed by atoms with Gasteiger partial charge in [-0.15, -0.1) is 0 Å². The second-order valence-corrected chi connectivity index (χ2v) is 8.57. The second-order valence-electron chi connectivity index (χ2n) is 8.57. The number of fused-ring (bicyclic) bond motifs is 2. The lowest BCUT2D eigenvalue weighted by Gasteiger charge is -2.12. The average Bonchev–Trinajstić information content (AvgIpc) is 3.42. The third kappa shape index (κ3) is 4.11. The van der Waals surface area contributed by atoms with E-state index in [1.54, 1.807) is 11.0 Å². The third-order valence-electron chi connectivity index (χ3n) is 5.76. The number of halogens is 3. The number of hydrogen-bond acceptors (Lipinski definition) is 9. The number of nitriles is 1. The van der Waals surface area contributed by atoms with Gasteiger partial charge in [-0.1, -0.05) is 0 Å². The number of nitrogens with one attached hydrogen (secondary N) is 2. The van der Waals surface area contributed by atoms with Gasteiger partial charge in [0, 0.05) is 34.4 Å². The average molecular weight is 524 g/mol. The molecule has 194 valence electrons. The summed E-state index contributed by atoms with van der Waals surface area (Å²) in [6, 6.07) is 4.49. The Kier molecular flexibility index (Phi) is 5.66. The first-order chi connectivity index (χ1) is 18.0. The number of aryl methyl sites for hydroxylation is 2. The van der Waals surface area contributed by atoms with Crippen LogP contribution >= 0.6 is 0 Å². The number of pyridine rings is 3. The minimum atomic E-state index is -4.66. The Morgan fingerprint density at radius 1 is 1.18 bits per heavy atom. The summed E-state index contributed by atoms with van der Waals surface area (Å²) in [5.74, 6) is 1.10. The van der Waals surface area contributed by atoms with Crippen LogP contribution in [0.1, 0.15) is 11.1 Å². The minimum absolute atomic E-state index is 0.00897. The summed E-state index contributed by atoms with van der Waals surface area (Å²) in [4.78, 5) is 27.1. The van der Waals surface area contributed by atoms with E-state index < -0.39 is 17.3 Å². The highest BCUT2D eigenvalue weighted by Crippen LogP contribution is 2.34. The predicted octanol–water partition coefficient (Wildman–Crippen LogP) is 3.43. The zero-order chi connectivity index (χ0) is 27.4. The van der Waals surface area contributed by atoms with Crippen molar-refractivity contribution in [2.24, 2.45) is 14.1 Å². The maximum atomic E-state index is 13.3. The van der Waals surface area contributed by atoms with Crippen molar-refractivity contribution in [3.63, 3.8) is 0 Å². The number of hydrogen-bond donors (Lipinski definition) is 2. The summed E-state index contributed by atoms with van der Waals surface area (Å²) in [5.41, 5.74) is -1.03. The summed E-state index contributed by atoms with van der Waals surface area (Å²) in [6.07, 6.45) is -1.17. The molecule has 0 aliphatic heterocycles. The second kappa shape index (κ2) is 8.76. The van der Waals surface area contributed by atoms with Crippen LogP contribution in [-0.2, 0) is 20.3 Å². The molecule has 5 aromatic heterocycles. The molecule has 0 unspecified atom stereocenters. The molecule has 38 heavy (non-hydrogen) atoms. The zero-order valence-electron chi connectivity index (χ0n) is 20.4. The first-order valence-corrected chi connectivity index (χ1v) is 11.0. The molecule has 15 heteroatoms. The molecule has 5 rings (SSSR count). The fourth-order valence-electron chi connectivity index (χ4n) is 3.92. The number of H-pyrrole nitrogens is 1. The van der Waals surface area contributed by atoms with Gasteiger partial charge in [0.1, 0.15) is 28.6 Å². The normalized spacial score (nSPS) is 11.6. The molecule has 0 saturated heterocycles. The molecule has 2 N–H and O–H groups in total. The molecule has 0 amide bonds. The quantitative estimate of drug-likeness (QED) is 0.353. The highest BCUT2D eigenvalue weighted by molar-refractivity contribution is 5.88. The minimum Gasteiger partial charge on any atom is -0.453 e. The lowest BCUT2D eigenvalue weighted by atomic mass is 10.2. The molecule has 0 spiro atoms. The molecule has 0 saturated carbocycles. The fraction of sp³-hybridized carbons (Fsp3) is 0.217. The number of anilines is 3. The van der Waals surface area contributed by atoms with Crippen molar-refractivity contribution in [3.8, 4) is 17.6 Å². The SMILES string of the molecule is CN(C)c1n[nH]c2ncc(Oc3cnc4nc(Nc5cc(C(F)(F)F)cn(C)c5=O)n(C)c4c3C#N)cc12. The molecule has 0 bridgehead atoms. The van der Waals surface area contributed by atoms with Crippen LogP contribution in [0.15, 0.2) is 35.5 Å². The summed E-state index contributed by atoms with van der Waals surface area (Å²) in [5, 5.41) is 20.3. The maximum absolute atomic E-state index is 13.3. The van der Waals surface area contributed by atoms with Gasteiger partial charge in [-0.3, -0.25) is 9.89 Å². The largest absolute Gasteiger partial charge is 0.453 e. The Labute approximate surface area is 211 Å². The first kappa shape index (κ1) is 24.6. The Hall–Kier alpha value is -5.13. The van der Waals surface area contributed by atoms with E-state index in [-0.39, 0.29) is 34.1 Å². The van der Waals surface area contributed by atoms with Gasteiger partial charge in [0.25, 0.3) is 5.56 Å². The van der Waals surface area contributed by atoms with Gasteiger partial charge >= 0.3 is 6.18 Å². The molecule has 5 aromatic rings. The van der Waals surface area contributed by atoms with E-state index in [0.717, 1.165) is 4.57 Å². The van der Waals surface area contributed by atoms with E-state index in [1.165, 1.54) is 31.1 Å². The van der Waals surface area contributed by atoms with E-state index in [9.17, 15) is 23.2 Å². The Morgan fingerprint density at radius 2 is 1.95 bits per heavy atom. The van der Waals surface area contributed by atoms with Gasteiger partial charge in [-0.2, -0.15) is 28.5 Å². The van der Waals surface area contributed by atoms with Crippen molar-refractivity contribution in [1.29, 1.82) is 5.26 Å². The molecule has 0 aromatic carbocycles. The van der Waals surface area contributed by atoms with Gasteiger partial charge in [-0.25, -0.2) is 9.97 Å². The standard InChI is InChI=1S/C23H19F3N10O2/c1-34(2)20-13-6-12(8-28-18(13)32-33-20)38-16-9-29-19-17(14(16)7-27)36(4)22(31-19)30-15-5-11(23(24,25)26)10-35(3)21(15)37/h5-6,8-10H,1-4H3,(H,28,32,33)(H,29,30,31). The number of ether oxygens (including phenoxy) is 1. The topological polar surface area (TPSA) is 143 Å². The highest BCUT2D eigenvalue weighted by Gasteiger charge is 2.32. The van der Waals surface area contributed by atoms with Crippen LogP contribution in [0, 0.1) is 11.3 Å². The van der Waals surface area contributed by atoms with Crippen LogP contribution in [0.3, 0.4) is 0 Å². The Bertz CT molecular complexity index is 1810. The van der Waals surface area contributed by atoms with Crippen molar-refractivity contribution in [1.82, 2.24) is 34.3 Å². The van der Waals surface area contributed by atoms with Crippen LogP contribution in [-0.4, -0.2) is 48.4 Å². The molecular formula is C23H19F3N10O2. The van der Waals surface area contributed by atoms with Gasteiger partial charge in [0.05, 0.1) is 23.3 Å². The fourth-order valence-corrected chi connectivity index (χ4v) is 3.92. The zero-order valence-corrected chi connectivity index (χ0v) is 20.4. The summed E-state index contributed by atoms with van der Waals surface area (Å²) >= 11 is 0. The van der Waals surface area contributed by atoms with Crippen molar-refractivity contribution < 1.29 is 17.9 Å². The number of nitrogens with zero attached hydrogens (tertiary/aromatic N) is 8. The lowest BCUT2D eigenvalue weighted by molar-refractivity contribution is -0.138. The lowest BCUT2D eigenvalue weighted by Crippen LogP contribution is -2.23. The van der Waals surface area contributed by atoms with Gasteiger partial charge in [0.15, 0.2) is 22.9 Å². The predicted molar refractivity (Wildman–Crippen MR) is 131 cm³/mol. The first-order valence-electron chi connectivity index (χ1n) is 11.0. The van der Waals surface area contributed by atoms with Crippen LogP contribution in [0.5, 0.6) is 11.5 Å². The van der Waals surface area contributed by atoms with Crippen LogP contribution in [0.4, 0.5) is 30.6 Å². The summed E-state index contributed by atoms with van der Waals surface area (Å²) in [6.45, 7) is 0. The monoisotopic (exact) mass is 524 g/mol.